The van der Waals surface area contributed by atoms with Gasteiger partial charge in [-0.05, 0) is 43.7 Å². The highest BCUT2D eigenvalue weighted by Crippen LogP contribution is 2.39. The molecule has 112 valence electrons. The maximum atomic E-state index is 4.58. The molecule has 0 bridgehead atoms. The van der Waals surface area contributed by atoms with E-state index in [0.717, 1.165) is 10.8 Å². The van der Waals surface area contributed by atoms with Gasteiger partial charge in [0.2, 0.25) is 0 Å². The lowest BCUT2D eigenvalue weighted by molar-refractivity contribution is 0.699. The van der Waals surface area contributed by atoms with Gasteiger partial charge in [-0.1, -0.05) is 29.8 Å². The van der Waals surface area contributed by atoms with Crippen molar-refractivity contribution in [1.29, 1.82) is 0 Å². The molecular weight excluding hydrogens is 308 g/mol. The molecule has 0 spiro atoms. The number of hydrogen-bond donors (Lipinski definition) is 0. The molecule has 4 rings (SSSR count). The molecule has 2 aromatic heterocycles. The molecule has 0 atom stereocenters. The van der Waals surface area contributed by atoms with Crippen LogP contribution >= 0.6 is 23.1 Å². The summed E-state index contributed by atoms with van der Waals surface area (Å²) >= 11 is 3.71. The Morgan fingerprint density at radius 3 is 2.77 bits per heavy atom. The molecule has 1 aromatic carbocycles. The van der Waals surface area contributed by atoms with Gasteiger partial charge < -0.3 is 0 Å². The van der Waals surface area contributed by atoms with Gasteiger partial charge in [-0.25, -0.2) is 9.97 Å². The Labute approximate surface area is 139 Å². The monoisotopic (exact) mass is 326 g/mol. The van der Waals surface area contributed by atoms with Crippen LogP contribution in [-0.4, -0.2) is 9.97 Å². The van der Waals surface area contributed by atoms with Crippen molar-refractivity contribution in [1.82, 2.24) is 9.97 Å². The fraction of sp³-hybridized carbons (Fsp3) is 0.333. The van der Waals surface area contributed by atoms with E-state index in [9.17, 15) is 0 Å². The predicted octanol–water partition coefficient (Wildman–Crippen LogP) is 5.17. The van der Waals surface area contributed by atoms with Crippen molar-refractivity contribution < 1.29 is 0 Å². The van der Waals surface area contributed by atoms with Crippen LogP contribution in [0.25, 0.3) is 10.2 Å². The zero-order valence-electron chi connectivity index (χ0n) is 12.6. The maximum absolute atomic E-state index is 4.58. The molecule has 0 unspecified atom stereocenters. The first kappa shape index (κ1) is 14.2. The van der Waals surface area contributed by atoms with Gasteiger partial charge in [0.25, 0.3) is 0 Å². The largest absolute Gasteiger partial charge is 0.229 e. The Morgan fingerprint density at radius 2 is 1.91 bits per heavy atom. The predicted molar refractivity (Wildman–Crippen MR) is 94.8 cm³/mol. The number of rotatable bonds is 3. The number of thioether (sulfide) groups is 1. The first-order chi connectivity index (χ1) is 10.8. The lowest BCUT2D eigenvalue weighted by atomic mass is 9.97. The standard InChI is InChI=1S/C18H18N2S2/c1-12-6-8-13(9-7-12)10-21-17-16-14-4-2-3-5-15(14)22-18(16)20-11-19-17/h6-9,11H,2-5,10H2,1H3. The van der Waals surface area contributed by atoms with Crippen LogP contribution in [0.2, 0.25) is 0 Å². The van der Waals surface area contributed by atoms with Crippen molar-refractivity contribution in [3.63, 3.8) is 0 Å². The van der Waals surface area contributed by atoms with Crippen molar-refractivity contribution >= 4 is 33.3 Å². The molecule has 0 fully saturated rings. The summed E-state index contributed by atoms with van der Waals surface area (Å²) in [6, 6.07) is 8.78. The van der Waals surface area contributed by atoms with E-state index < -0.39 is 0 Å². The van der Waals surface area contributed by atoms with E-state index in [1.54, 1.807) is 11.2 Å². The number of thiophene rings is 1. The molecule has 22 heavy (non-hydrogen) atoms. The van der Waals surface area contributed by atoms with Crippen LogP contribution in [0, 0.1) is 6.92 Å². The highest BCUT2D eigenvalue weighted by molar-refractivity contribution is 7.98. The van der Waals surface area contributed by atoms with E-state index in [0.29, 0.717) is 0 Å². The Bertz CT molecular complexity index is 806. The molecule has 4 heteroatoms. The zero-order chi connectivity index (χ0) is 14.9. The van der Waals surface area contributed by atoms with E-state index in [1.807, 2.05) is 23.1 Å². The Balaban J connectivity index is 1.66. The molecule has 3 aromatic rings. The highest BCUT2D eigenvalue weighted by Gasteiger charge is 2.19. The number of aromatic nitrogens is 2. The summed E-state index contributed by atoms with van der Waals surface area (Å²) in [7, 11) is 0. The number of nitrogens with zero attached hydrogens (tertiary/aromatic N) is 2. The van der Waals surface area contributed by atoms with Crippen molar-refractivity contribution in [3.8, 4) is 0 Å². The molecule has 0 N–H and O–H groups in total. The van der Waals surface area contributed by atoms with Gasteiger partial charge in [0, 0.05) is 16.0 Å². The Hall–Kier alpha value is -1.39. The van der Waals surface area contributed by atoms with Crippen molar-refractivity contribution in [2.45, 2.75) is 43.4 Å². The van der Waals surface area contributed by atoms with Gasteiger partial charge in [-0.15, -0.1) is 23.1 Å². The second-order valence-corrected chi connectivity index (χ2v) is 7.89. The van der Waals surface area contributed by atoms with Crippen molar-refractivity contribution in [2.75, 3.05) is 0 Å². The molecule has 2 nitrogen and oxygen atoms in total. The van der Waals surface area contributed by atoms with Crippen LogP contribution < -0.4 is 0 Å². The molecule has 0 amide bonds. The second kappa shape index (κ2) is 6.01. The summed E-state index contributed by atoms with van der Waals surface area (Å²) in [5.74, 6) is 0.969. The molecular formula is C18H18N2S2. The average molecular weight is 326 g/mol. The molecule has 1 aliphatic carbocycles. The van der Waals surface area contributed by atoms with Gasteiger partial charge in [0.15, 0.2) is 0 Å². The average Bonchev–Trinajstić information content (AvgIpc) is 2.93. The highest BCUT2D eigenvalue weighted by atomic mass is 32.2. The third-order valence-electron chi connectivity index (χ3n) is 4.21. The Morgan fingerprint density at radius 1 is 1.09 bits per heavy atom. The van der Waals surface area contributed by atoms with Gasteiger partial charge in [-0.2, -0.15) is 0 Å². The summed E-state index contributed by atoms with van der Waals surface area (Å²) < 4.78 is 0. The number of fused-ring (bicyclic) bond motifs is 3. The molecule has 0 aliphatic heterocycles. The fourth-order valence-electron chi connectivity index (χ4n) is 3.01. The minimum Gasteiger partial charge on any atom is -0.229 e. The SMILES string of the molecule is Cc1ccc(CSc2ncnc3sc4c(c23)CCCC4)cc1. The second-order valence-electron chi connectivity index (χ2n) is 5.84. The van der Waals surface area contributed by atoms with Crippen LogP contribution in [0.1, 0.15) is 34.4 Å². The van der Waals surface area contributed by atoms with E-state index in [2.05, 4.69) is 41.2 Å². The van der Waals surface area contributed by atoms with E-state index >= 15 is 0 Å². The topological polar surface area (TPSA) is 25.8 Å². The van der Waals surface area contributed by atoms with Crippen LogP contribution in [0.3, 0.4) is 0 Å². The van der Waals surface area contributed by atoms with E-state index in [4.69, 9.17) is 0 Å². The summed E-state index contributed by atoms with van der Waals surface area (Å²) in [5, 5.41) is 2.49. The third kappa shape index (κ3) is 2.66. The molecule has 0 saturated heterocycles. The van der Waals surface area contributed by atoms with Crippen LogP contribution in [-0.2, 0) is 18.6 Å². The first-order valence-electron chi connectivity index (χ1n) is 7.75. The normalized spacial score (nSPS) is 14.2. The number of aryl methyl sites for hydroxylation is 3. The fourth-order valence-corrected chi connectivity index (χ4v) is 5.28. The van der Waals surface area contributed by atoms with E-state index in [1.165, 1.54) is 52.6 Å². The minimum absolute atomic E-state index is 0.969. The van der Waals surface area contributed by atoms with Gasteiger partial charge >= 0.3 is 0 Å². The molecule has 2 heterocycles. The van der Waals surface area contributed by atoms with Crippen molar-refractivity contribution in [2.24, 2.45) is 0 Å². The summed E-state index contributed by atoms with van der Waals surface area (Å²) in [6.45, 7) is 2.13. The van der Waals surface area contributed by atoms with Crippen molar-refractivity contribution in [3.05, 3.63) is 52.2 Å². The summed E-state index contributed by atoms with van der Waals surface area (Å²) in [5.41, 5.74) is 4.19. The Kier molecular flexibility index (Phi) is 3.89. The number of hydrogen-bond acceptors (Lipinski definition) is 4. The van der Waals surface area contributed by atoms with Crippen LogP contribution in [0.4, 0.5) is 0 Å². The van der Waals surface area contributed by atoms with Crippen LogP contribution in [0.5, 0.6) is 0 Å². The summed E-state index contributed by atoms with van der Waals surface area (Å²) in [6.07, 6.45) is 6.76. The smallest absolute Gasteiger partial charge is 0.128 e. The molecule has 0 saturated carbocycles. The molecule has 1 aliphatic rings. The molecule has 0 radical (unpaired) electrons. The number of benzene rings is 1. The van der Waals surface area contributed by atoms with Gasteiger partial charge in [0.1, 0.15) is 16.2 Å². The quantitative estimate of drug-likeness (QED) is 0.490. The van der Waals surface area contributed by atoms with Gasteiger partial charge in [-0.3, -0.25) is 0 Å². The summed E-state index contributed by atoms with van der Waals surface area (Å²) in [4.78, 5) is 11.8. The maximum Gasteiger partial charge on any atom is 0.128 e. The van der Waals surface area contributed by atoms with Crippen LogP contribution in [0.15, 0.2) is 35.6 Å². The first-order valence-corrected chi connectivity index (χ1v) is 9.55. The lowest BCUT2D eigenvalue weighted by Crippen LogP contribution is -1.99. The lowest BCUT2D eigenvalue weighted by Gasteiger charge is -2.11. The minimum atomic E-state index is 0.969. The van der Waals surface area contributed by atoms with Gasteiger partial charge in [0.05, 0.1) is 0 Å². The van der Waals surface area contributed by atoms with E-state index in [-0.39, 0.29) is 0 Å². The third-order valence-corrected chi connectivity index (χ3v) is 6.47. The zero-order valence-corrected chi connectivity index (χ0v) is 14.3.